The number of ether oxygens (including phenoxy) is 2. The molecule has 40 heavy (non-hydrogen) atoms. The molecule has 1 N–H and O–H groups in total. The SMILES string of the molecule is CC(C)CCCC12CCCC(C)(C3CCCCC3)C1C1CC(C)(C#CCCC(=O)O1)C2(O)CCC1=CC(=O)OC1. The van der Waals surface area contributed by atoms with Crippen LogP contribution in [-0.4, -0.2) is 35.4 Å². The highest BCUT2D eigenvalue weighted by Gasteiger charge is 2.72. The van der Waals surface area contributed by atoms with Gasteiger partial charge in [0, 0.05) is 30.3 Å². The number of carbonyl (C=O) groups excluding carboxylic acids is 2. The number of hydrogen-bond donors (Lipinski definition) is 1. The highest BCUT2D eigenvalue weighted by molar-refractivity contribution is 5.85. The van der Waals surface area contributed by atoms with Crippen molar-refractivity contribution < 1.29 is 24.2 Å². The van der Waals surface area contributed by atoms with Crippen molar-refractivity contribution in [3.05, 3.63) is 11.6 Å². The van der Waals surface area contributed by atoms with E-state index in [0.29, 0.717) is 50.5 Å². The van der Waals surface area contributed by atoms with Crippen LogP contribution in [0.1, 0.15) is 130 Å². The predicted molar refractivity (Wildman–Crippen MR) is 156 cm³/mol. The number of cyclic esters (lactones) is 1. The van der Waals surface area contributed by atoms with Gasteiger partial charge in [0.2, 0.25) is 0 Å². The van der Waals surface area contributed by atoms with Gasteiger partial charge >= 0.3 is 11.9 Å². The molecule has 3 saturated carbocycles. The Labute approximate surface area is 242 Å². The smallest absolute Gasteiger partial charge is 0.331 e. The molecule has 5 aliphatic rings. The predicted octanol–water partition coefficient (Wildman–Crippen LogP) is 7.30. The first-order chi connectivity index (χ1) is 19.0. The lowest BCUT2D eigenvalue weighted by Gasteiger charge is -2.70. The summed E-state index contributed by atoms with van der Waals surface area (Å²) >= 11 is 0. The Morgan fingerprint density at radius 1 is 1.07 bits per heavy atom. The molecule has 0 amide bonds. The standard InChI is InChI=1S/C35H52O5/c1-25(2)12-10-19-34-20-11-18-33(4,27-13-6-5-7-14-27)31(34)28-23-32(3,17-9-8-15-29(36)40-28)35(34,38)21-16-26-22-30(37)39-24-26/h22,25,27-28,31,38H,5-8,10-16,18-21,23-24H2,1-4H3. The second-order valence-corrected chi connectivity index (χ2v) is 14.8. The number of esters is 2. The molecule has 222 valence electrons. The minimum Gasteiger partial charge on any atom is -0.462 e. The van der Waals surface area contributed by atoms with E-state index in [1.807, 2.05) is 0 Å². The van der Waals surface area contributed by atoms with Gasteiger partial charge in [-0.25, -0.2) is 4.79 Å². The number of rotatable bonds is 8. The molecule has 3 fully saturated rings. The fraction of sp³-hybridized carbons (Fsp3) is 0.829. The summed E-state index contributed by atoms with van der Waals surface area (Å²) in [5.41, 5.74) is -1.21. The molecule has 0 spiro atoms. The first-order valence-electron chi connectivity index (χ1n) is 16.3. The van der Waals surface area contributed by atoms with Gasteiger partial charge in [0.25, 0.3) is 0 Å². The van der Waals surface area contributed by atoms with Crippen LogP contribution < -0.4 is 0 Å². The van der Waals surface area contributed by atoms with Crippen LogP contribution in [0.4, 0.5) is 0 Å². The maximum absolute atomic E-state index is 13.5. The molecule has 0 aromatic heterocycles. The number of carbonyl (C=O) groups is 2. The minimum absolute atomic E-state index is 0.00391. The van der Waals surface area contributed by atoms with Crippen molar-refractivity contribution in [3.8, 4) is 11.8 Å². The van der Waals surface area contributed by atoms with Crippen LogP contribution in [0.3, 0.4) is 0 Å². The van der Waals surface area contributed by atoms with E-state index in [-0.39, 0.29) is 29.4 Å². The van der Waals surface area contributed by atoms with E-state index in [4.69, 9.17) is 9.47 Å². The molecule has 2 bridgehead atoms. The van der Waals surface area contributed by atoms with Crippen molar-refractivity contribution in [3.63, 3.8) is 0 Å². The second-order valence-electron chi connectivity index (χ2n) is 14.8. The van der Waals surface area contributed by atoms with E-state index < -0.39 is 16.4 Å². The number of hydrogen-bond acceptors (Lipinski definition) is 5. The largest absolute Gasteiger partial charge is 0.462 e. The molecule has 6 unspecified atom stereocenters. The molecule has 0 aromatic carbocycles. The lowest BCUT2D eigenvalue weighted by atomic mass is 9.36. The van der Waals surface area contributed by atoms with Gasteiger partial charge in [-0.15, -0.1) is 5.92 Å². The van der Waals surface area contributed by atoms with E-state index in [2.05, 4.69) is 39.5 Å². The Morgan fingerprint density at radius 2 is 1.85 bits per heavy atom. The maximum atomic E-state index is 13.5. The van der Waals surface area contributed by atoms with Crippen molar-refractivity contribution >= 4 is 11.9 Å². The molecule has 2 heterocycles. The van der Waals surface area contributed by atoms with Gasteiger partial charge in [-0.05, 0) is 74.7 Å². The van der Waals surface area contributed by atoms with Gasteiger partial charge < -0.3 is 14.6 Å². The summed E-state index contributed by atoms with van der Waals surface area (Å²) in [5.74, 6) is 7.76. The normalized spacial score (nSPS) is 40.1. The average molecular weight is 553 g/mol. The summed E-state index contributed by atoms with van der Waals surface area (Å²) < 4.78 is 11.7. The van der Waals surface area contributed by atoms with Crippen molar-refractivity contribution in [1.82, 2.24) is 0 Å². The van der Waals surface area contributed by atoms with Gasteiger partial charge in [0.1, 0.15) is 12.7 Å². The molecule has 5 nitrogen and oxygen atoms in total. The highest BCUT2D eigenvalue weighted by Crippen LogP contribution is 2.71. The van der Waals surface area contributed by atoms with E-state index in [0.717, 1.165) is 44.1 Å². The lowest BCUT2D eigenvalue weighted by Crippen LogP contribution is -2.72. The maximum Gasteiger partial charge on any atom is 0.331 e. The Bertz CT molecular complexity index is 1060. The minimum atomic E-state index is -1.06. The molecule has 0 saturated heterocycles. The first kappa shape index (κ1) is 29.7. The van der Waals surface area contributed by atoms with Gasteiger partial charge in [-0.2, -0.15) is 0 Å². The molecule has 0 aromatic rings. The fourth-order valence-electron chi connectivity index (χ4n) is 10.1. The molecule has 3 aliphatic carbocycles. The van der Waals surface area contributed by atoms with Crippen LogP contribution in [0.2, 0.25) is 0 Å². The summed E-state index contributed by atoms with van der Waals surface area (Å²) in [6, 6.07) is 0. The molecule has 6 atom stereocenters. The zero-order valence-corrected chi connectivity index (χ0v) is 25.5. The Hall–Kier alpha value is -1.80. The van der Waals surface area contributed by atoms with Gasteiger partial charge in [0.15, 0.2) is 0 Å². The third kappa shape index (κ3) is 5.16. The van der Waals surface area contributed by atoms with E-state index in [1.54, 1.807) is 6.08 Å². The Morgan fingerprint density at radius 3 is 2.55 bits per heavy atom. The Kier molecular flexibility index (Phi) is 8.51. The number of aliphatic hydroxyl groups is 1. The lowest BCUT2D eigenvalue weighted by molar-refractivity contribution is -0.285. The molecule has 5 rings (SSSR count). The third-order valence-electron chi connectivity index (χ3n) is 11.9. The van der Waals surface area contributed by atoms with Crippen LogP contribution in [0.25, 0.3) is 0 Å². The highest BCUT2D eigenvalue weighted by atomic mass is 16.5. The molecule has 2 aliphatic heterocycles. The third-order valence-corrected chi connectivity index (χ3v) is 11.9. The molecule has 0 radical (unpaired) electrons. The van der Waals surface area contributed by atoms with Gasteiger partial charge in [-0.3, -0.25) is 4.79 Å². The summed E-state index contributed by atoms with van der Waals surface area (Å²) in [6.07, 6.45) is 16.5. The fourth-order valence-corrected chi connectivity index (χ4v) is 10.1. The summed E-state index contributed by atoms with van der Waals surface area (Å²) in [6.45, 7) is 9.51. The van der Waals surface area contributed by atoms with Crippen LogP contribution in [0.5, 0.6) is 0 Å². The van der Waals surface area contributed by atoms with Crippen LogP contribution >= 0.6 is 0 Å². The summed E-state index contributed by atoms with van der Waals surface area (Å²) in [7, 11) is 0. The molecule has 5 heteroatoms. The van der Waals surface area contributed by atoms with E-state index in [1.165, 1.54) is 32.1 Å². The zero-order valence-electron chi connectivity index (χ0n) is 25.5. The van der Waals surface area contributed by atoms with Crippen LogP contribution in [0, 0.1) is 45.8 Å². The first-order valence-corrected chi connectivity index (χ1v) is 16.3. The zero-order chi connectivity index (χ0) is 28.6. The monoisotopic (exact) mass is 552 g/mol. The van der Waals surface area contributed by atoms with Crippen molar-refractivity contribution in [2.45, 2.75) is 142 Å². The van der Waals surface area contributed by atoms with Crippen molar-refractivity contribution in [2.75, 3.05) is 6.61 Å². The van der Waals surface area contributed by atoms with Crippen molar-refractivity contribution in [2.24, 2.45) is 34.0 Å². The topological polar surface area (TPSA) is 72.8 Å². The second kappa shape index (κ2) is 11.5. The quantitative estimate of drug-likeness (QED) is 0.253. The summed E-state index contributed by atoms with van der Waals surface area (Å²) in [4.78, 5) is 25.0. The molecular weight excluding hydrogens is 500 g/mol. The molecular formula is C35H52O5. The van der Waals surface area contributed by atoms with E-state index >= 15 is 0 Å². The number of fused-ring (bicyclic) bond motifs is 4. The van der Waals surface area contributed by atoms with Crippen LogP contribution in [-0.2, 0) is 19.1 Å². The average Bonchev–Trinajstić information content (AvgIpc) is 3.35. The van der Waals surface area contributed by atoms with E-state index in [9.17, 15) is 14.7 Å². The van der Waals surface area contributed by atoms with Gasteiger partial charge in [-0.1, -0.05) is 65.2 Å². The van der Waals surface area contributed by atoms with Gasteiger partial charge in [0.05, 0.1) is 17.4 Å². The summed E-state index contributed by atoms with van der Waals surface area (Å²) in [5, 5.41) is 13.5. The van der Waals surface area contributed by atoms with Crippen molar-refractivity contribution in [1.29, 1.82) is 0 Å². The van der Waals surface area contributed by atoms with Crippen LogP contribution in [0.15, 0.2) is 11.6 Å². The Balaban J connectivity index is 1.66.